The largest absolute Gasteiger partial charge is 0.573 e. The summed E-state index contributed by atoms with van der Waals surface area (Å²) >= 11 is 3.41. The lowest BCUT2D eigenvalue weighted by Crippen LogP contribution is -2.30. The Morgan fingerprint density at radius 3 is 2.50 bits per heavy atom. The Hall–Kier alpha value is -2.48. The molecular formula is C20H15BrF3NO3. The number of halogens is 4. The van der Waals surface area contributed by atoms with Gasteiger partial charge in [0.05, 0.1) is 22.7 Å². The van der Waals surface area contributed by atoms with Crippen molar-refractivity contribution >= 4 is 32.6 Å². The highest BCUT2D eigenvalue weighted by Crippen LogP contribution is 2.46. The standard InChI is InChI=1S/C20H15BrF3NO3/c1-19(2)12-8-15(27-3)13(21)7-11(12)17(26)16-10-5-4-9(28-20(22,23)24)6-14(10)25-18(16)19/h4-8,25H,1-3H3. The molecule has 0 radical (unpaired) electrons. The summed E-state index contributed by atoms with van der Waals surface area (Å²) in [5, 5.41) is 0.556. The van der Waals surface area contributed by atoms with E-state index in [1.165, 1.54) is 18.2 Å². The molecule has 4 nitrogen and oxygen atoms in total. The highest BCUT2D eigenvalue weighted by Gasteiger charge is 2.40. The molecular weight excluding hydrogens is 439 g/mol. The Kier molecular flexibility index (Phi) is 4.05. The van der Waals surface area contributed by atoms with Gasteiger partial charge in [-0.2, -0.15) is 0 Å². The number of hydrogen-bond donors (Lipinski definition) is 1. The molecule has 1 N–H and O–H groups in total. The molecule has 28 heavy (non-hydrogen) atoms. The lowest BCUT2D eigenvalue weighted by molar-refractivity contribution is -0.274. The number of benzene rings is 2. The number of H-pyrrole nitrogens is 1. The predicted molar refractivity (Wildman–Crippen MR) is 101 cm³/mol. The minimum Gasteiger partial charge on any atom is -0.496 e. The van der Waals surface area contributed by atoms with Crippen LogP contribution in [0.5, 0.6) is 11.5 Å². The van der Waals surface area contributed by atoms with Crippen LogP contribution in [0.1, 0.15) is 41.0 Å². The molecule has 1 heterocycles. The van der Waals surface area contributed by atoms with Gasteiger partial charge in [0.2, 0.25) is 0 Å². The fraction of sp³-hybridized carbons (Fsp3) is 0.250. The van der Waals surface area contributed by atoms with E-state index in [9.17, 15) is 18.0 Å². The van der Waals surface area contributed by atoms with Gasteiger partial charge in [-0.3, -0.25) is 4.79 Å². The minimum atomic E-state index is -4.78. The summed E-state index contributed by atoms with van der Waals surface area (Å²) in [4.78, 5) is 16.4. The smallest absolute Gasteiger partial charge is 0.496 e. The molecule has 0 atom stereocenters. The van der Waals surface area contributed by atoms with Crippen molar-refractivity contribution < 1.29 is 27.4 Å². The number of ether oxygens (including phenoxy) is 2. The third kappa shape index (κ3) is 2.78. The number of fused-ring (bicyclic) bond motifs is 4. The summed E-state index contributed by atoms with van der Waals surface area (Å²) in [5.74, 6) is 0.0641. The lowest BCUT2D eigenvalue weighted by atomic mass is 9.71. The van der Waals surface area contributed by atoms with Crippen LogP contribution in [0.15, 0.2) is 34.8 Å². The summed E-state index contributed by atoms with van der Waals surface area (Å²) < 4.78 is 47.6. The first-order valence-corrected chi connectivity index (χ1v) is 9.17. The Balaban J connectivity index is 1.94. The van der Waals surface area contributed by atoms with E-state index >= 15 is 0 Å². The number of carbonyl (C=O) groups excluding carboxylic acids is 1. The van der Waals surface area contributed by atoms with Gasteiger partial charge in [0.1, 0.15) is 11.5 Å². The zero-order valence-corrected chi connectivity index (χ0v) is 16.7. The fourth-order valence-corrected chi connectivity index (χ4v) is 4.27. The number of rotatable bonds is 2. The molecule has 8 heteroatoms. The maximum atomic E-state index is 13.2. The topological polar surface area (TPSA) is 51.3 Å². The molecule has 0 saturated carbocycles. The number of nitrogens with one attached hydrogen (secondary N) is 1. The number of hydrogen-bond acceptors (Lipinski definition) is 3. The predicted octanol–water partition coefficient (Wildman–Crippen LogP) is 5.71. The summed E-state index contributed by atoms with van der Waals surface area (Å²) in [6.07, 6.45) is -4.78. The summed E-state index contributed by atoms with van der Waals surface area (Å²) in [6, 6.07) is 7.48. The van der Waals surface area contributed by atoms with Crippen LogP contribution in [0.2, 0.25) is 0 Å². The van der Waals surface area contributed by atoms with E-state index in [0.29, 0.717) is 37.9 Å². The molecule has 4 rings (SSSR count). The van der Waals surface area contributed by atoms with E-state index in [1.807, 2.05) is 19.9 Å². The molecule has 3 aromatic rings. The maximum absolute atomic E-state index is 13.2. The minimum absolute atomic E-state index is 0.191. The number of methoxy groups -OCH3 is 1. The number of carbonyl (C=O) groups is 1. The zero-order valence-electron chi connectivity index (χ0n) is 15.1. The van der Waals surface area contributed by atoms with Gasteiger partial charge in [0.15, 0.2) is 5.78 Å². The fourth-order valence-electron chi connectivity index (χ4n) is 3.76. The van der Waals surface area contributed by atoms with Crippen LogP contribution in [0, 0.1) is 0 Å². The first kappa shape index (κ1) is 18.9. The van der Waals surface area contributed by atoms with Crippen molar-refractivity contribution in [1.82, 2.24) is 4.98 Å². The Morgan fingerprint density at radius 2 is 1.86 bits per heavy atom. The highest BCUT2D eigenvalue weighted by molar-refractivity contribution is 9.10. The number of aromatic nitrogens is 1. The van der Waals surface area contributed by atoms with Crippen molar-refractivity contribution in [3.63, 3.8) is 0 Å². The van der Waals surface area contributed by atoms with E-state index in [0.717, 1.165) is 5.56 Å². The number of ketones is 1. The van der Waals surface area contributed by atoms with Crippen molar-refractivity contribution in [3.8, 4) is 11.5 Å². The van der Waals surface area contributed by atoms with Crippen LogP contribution in [-0.4, -0.2) is 24.2 Å². The van der Waals surface area contributed by atoms with Gasteiger partial charge >= 0.3 is 6.36 Å². The third-order valence-corrected chi connectivity index (χ3v) is 5.69. The monoisotopic (exact) mass is 453 g/mol. The summed E-state index contributed by atoms with van der Waals surface area (Å²) in [7, 11) is 1.54. The first-order chi connectivity index (χ1) is 13.0. The molecule has 1 aliphatic rings. The van der Waals surface area contributed by atoms with Gasteiger partial charge in [-0.05, 0) is 45.8 Å². The van der Waals surface area contributed by atoms with Crippen LogP contribution < -0.4 is 9.47 Å². The molecule has 0 amide bonds. The second kappa shape index (κ2) is 6.01. The number of alkyl halides is 3. The van der Waals surface area contributed by atoms with E-state index in [-0.39, 0.29) is 11.5 Å². The molecule has 146 valence electrons. The van der Waals surface area contributed by atoms with E-state index in [1.54, 1.807) is 13.2 Å². The van der Waals surface area contributed by atoms with Crippen molar-refractivity contribution in [3.05, 3.63) is 57.2 Å². The first-order valence-electron chi connectivity index (χ1n) is 8.37. The average Bonchev–Trinajstić information content (AvgIpc) is 2.98. The van der Waals surface area contributed by atoms with Crippen molar-refractivity contribution in [2.75, 3.05) is 7.11 Å². The van der Waals surface area contributed by atoms with E-state index in [2.05, 4.69) is 25.7 Å². The van der Waals surface area contributed by atoms with Gasteiger partial charge in [0, 0.05) is 28.1 Å². The molecule has 1 aliphatic carbocycles. The van der Waals surface area contributed by atoms with E-state index < -0.39 is 11.8 Å². The highest BCUT2D eigenvalue weighted by atomic mass is 79.9. The van der Waals surface area contributed by atoms with Crippen LogP contribution in [0.3, 0.4) is 0 Å². The van der Waals surface area contributed by atoms with Crippen molar-refractivity contribution in [1.29, 1.82) is 0 Å². The second-order valence-corrected chi connectivity index (χ2v) is 7.97. The molecule has 0 unspecified atom stereocenters. The SMILES string of the molecule is COc1cc2c(cc1Br)C(=O)c1c([nH]c3cc(OC(F)(F)F)ccc13)C2(C)C. The Morgan fingerprint density at radius 1 is 1.14 bits per heavy atom. The van der Waals surface area contributed by atoms with Gasteiger partial charge < -0.3 is 14.5 Å². The van der Waals surface area contributed by atoms with Crippen LogP contribution in [-0.2, 0) is 5.41 Å². The lowest BCUT2D eigenvalue weighted by Gasteiger charge is -2.32. The quantitative estimate of drug-likeness (QED) is 0.540. The molecule has 0 bridgehead atoms. The van der Waals surface area contributed by atoms with Gasteiger partial charge in [-0.25, -0.2) is 0 Å². The van der Waals surface area contributed by atoms with Crippen LogP contribution in [0.4, 0.5) is 13.2 Å². The third-order valence-electron chi connectivity index (χ3n) is 5.07. The zero-order chi connectivity index (χ0) is 20.4. The summed E-state index contributed by atoms with van der Waals surface area (Å²) in [6.45, 7) is 3.90. The Bertz CT molecular complexity index is 1130. The molecule has 1 aromatic heterocycles. The Labute approximate surface area is 166 Å². The van der Waals surface area contributed by atoms with Gasteiger partial charge in [-0.15, -0.1) is 13.2 Å². The molecule has 0 fully saturated rings. The van der Waals surface area contributed by atoms with Crippen molar-refractivity contribution in [2.24, 2.45) is 0 Å². The van der Waals surface area contributed by atoms with Crippen molar-refractivity contribution in [2.45, 2.75) is 25.6 Å². The normalized spacial score (nSPS) is 15.3. The number of aromatic amines is 1. The second-order valence-electron chi connectivity index (χ2n) is 7.12. The van der Waals surface area contributed by atoms with Crippen LogP contribution >= 0.6 is 15.9 Å². The van der Waals surface area contributed by atoms with E-state index in [4.69, 9.17) is 4.74 Å². The summed E-state index contributed by atoms with van der Waals surface area (Å²) in [5.41, 5.74) is 2.24. The molecule has 2 aromatic carbocycles. The van der Waals surface area contributed by atoms with Crippen LogP contribution in [0.25, 0.3) is 10.9 Å². The molecule has 0 saturated heterocycles. The van der Waals surface area contributed by atoms with Gasteiger partial charge in [0.25, 0.3) is 0 Å². The van der Waals surface area contributed by atoms with Gasteiger partial charge in [-0.1, -0.05) is 13.8 Å². The molecule has 0 spiro atoms. The molecule has 0 aliphatic heterocycles. The maximum Gasteiger partial charge on any atom is 0.573 e. The average molecular weight is 454 g/mol.